The molecule has 0 radical (unpaired) electrons. The molecule has 1 aliphatic rings. The lowest BCUT2D eigenvalue weighted by Gasteiger charge is -2.14. The van der Waals surface area contributed by atoms with Crippen LogP contribution in [0.1, 0.15) is 33.1 Å². The summed E-state index contributed by atoms with van der Waals surface area (Å²) >= 11 is 0. The van der Waals surface area contributed by atoms with E-state index in [1.807, 2.05) is 7.05 Å². The van der Waals surface area contributed by atoms with E-state index in [1.165, 1.54) is 19.3 Å². The van der Waals surface area contributed by atoms with E-state index >= 15 is 0 Å². The fourth-order valence-electron chi connectivity index (χ4n) is 1.27. The molecule has 1 fully saturated rings. The van der Waals surface area contributed by atoms with Gasteiger partial charge in [0.2, 0.25) is 0 Å². The van der Waals surface area contributed by atoms with E-state index in [4.69, 9.17) is 4.74 Å². The Morgan fingerprint density at radius 3 is 2.45 bits per heavy atom. The monoisotopic (exact) mass is 157 g/mol. The maximum Gasteiger partial charge on any atom is 0.0518 e. The summed E-state index contributed by atoms with van der Waals surface area (Å²) in [5.41, 5.74) is 0.453. The predicted molar refractivity (Wildman–Crippen MR) is 46.7 cm³/mol. The fraction of sp³-hybridized carbons (Fsp3) is 1.00. The van der Waals surface area contributed by atoms with Crippen LogP contribution in [-0.4, -0.2) is 25.3 Å². The highest BCUT2D eigenvalue weighted by Crippen LogP contribution is 2.37. The van der Waals surface area contributed by atoms with E-state index in [9.17, 15) is 0 Å². The van der Waals surface area contributed by atoms with Gasteiger partial charge in [-0.2, -0.15) is 0 Å². The molecule has 2 nitrogen and oxygen atoms in total. The Hall–Kier alpha value is -0.0800. The van der Waals surface area contributed by atoms with E-state index < -0.39 is 0 Å². The second kappa shape index (κ2) is 3.55. The van der Waals surface area contributed by atoms with Crippen molar-refractivity contribution in [1.29, 1.82) is 0 Å². The van der Waals surface area contributed by atoms with Crippen LogP contribution >= 0.6 is 0 Å². The van der Waals surface area contributed by atoms with Gasteiger partial charge in [-0.1, -0.05) is 0 Å². The highest BCUT2D eigenvalue weighted by atomic mass is 16.5. The summed E-state index contributed by atoms with van der Waals surface area (Å²) in [5.74, 6) is 0. The number of rotatable bonds is 5. The molecule has 1 rings (SSSR count). The fourth-order valence-corrected chi connectivity index (χ4v) is 1.27. The van der Waals surface area contributed by atoms with Crippen molar-refractivity contribution in [3.63, 3.8) is 0 Å². The maximum absolute atomic E-state index is 5.48. The van der Waals surface area contributed by atoms with Crippen molar-refractivity contribution in [1.82, 2.24) is 5.32 Å². The molecule has 1 saturated carbocycles. The van der Waals surface area contributed by atoms with Gasteiger partial charge in [0.15, 0.2) is 0 Å². The molecule has 0 spiro atoms. The van der Waals surface area contributed by atoms with Gasteiger partial charge in [-0.25, -0.2) is 0 Å². The molecule has 1 aliphatic carbocycles. The largest absolute Gasteiger partial charge is 0.379 e. The Kier molecular flexibility index (Phi) is 2.90. The third kappa shape index (κ3) is 2.80. The molecule has 0 aromatic carbocycles. The van der Waals surface area contributed by atoms with Crippen molar-refractivity contribution in [3.05, 3.63) is 0 Å². The van der Waals surface area contributed by atoms with Gasteiger partial charge in [0.05, 0.1) is 6.10 Å². The zero-order valence-corrected chi connectivity index (χ0v) is 7.81. The van der Waals surface area contributed by atoms with Gasteiger partial charge in [-0.3, -0.25) is 0 Å². The van der Waals surface area contributed by atoms with Gasteiger partial charge in [-0.15, -0.1) is 0 Å². The zero-order chi connectivity index (χ0) is 8.32. The molecule has 0 unspecified atom stereocenters. The van der Waals surface area contributed by atoms with Crippen LogP contribution in [0.25, 0.3) is 0 Å². The number of hydrogen-bond donors (Lipinski definition) is 1. The van der Waals surface area contributed by atoms with Crippen molar-refractivity contribution in [2.45, 2.75) is 44.8 Å². The third-order valence-corrected chi connectivity index (χ3v) is 2.42. The lowest BCUT2D eigenvalue weighted by Crippen LogP contribution is -2.29. The minimum absolute atomic E-state index is 0.377. The second-order valence-electron chi connectivity index (χ2n) is 3.70. The lowest BCUT2D eigenvalue weighted by molar-refractivity contribution is 0.0703. The van der Waals surface area contributed by atoms with Gasteiger partial charge in [0, 0.05) is 12.1 Å². The first-order valence-electron chi connectivity index (χ1n) is 4.49. The standard InChI is InChI=1S/C9H19NO/c1-8(2)11-7-6-9(10-3)4-5-9/h8,10H,4-7H2,1-3H3. The SMILES string of the molecule is CNC1(CCOC(C)C)CC1. The molecule has 0 amide bonds. The van der Waals surface area contributed by atoms with Crippen LogP contribution in [-0.2, 0) is 4.74 Å². The van der Waals surface area contributed by atoms with Crippen LogP contribution in [0.2, 0.25) is 0 Å². The molecule has 0 saturated heterocycles. The molecule has 0 heterocycles. The van der Waals surface area contributed by atoms with Crippen LogP contribution < -0.4 is 5.32 Å². The summed E-state index contributed by atoms with van der Waals surface area (Å²) in [6.45, 7) is 5.07. The minimum Gasteiger partial charge on any atom is -0.379 e. The summed E-state index contributed by atoms with van der Waals surface area (Å²) in [6.07, 6.45) is 4.19. The zero-order valence-electron chi connectivity index (χ0n) is 7.81. The molecule has 1 N–H and O–H groups in total. The third-order valence-electron chi connectivity index (χ3n) is 2.42. The molecule has 2 heteroatoms. The molecule has 0 aliphatic heterocycles. The number of hydrogen-bond acceptors (Lipinski definition) is 2. The van der Waals surface area contributed by atoms with E-state index in [-0.39, 0.29) is 0 Å². The maximum atomic E-state index is 5.48. The van der Waals surface area contributed by atoms with Crippen molar-refractivity contribution in [3.8, 4) is 0 Å². The van der Waals surface area contributed by atoms with E-state index in [2.05, 4.69) is 19.2 Å². The smallest absolute Gasteiger partial charge is 0.0518 e. The number of ether oxygens (including phenoxy) is 1. The van der Waals surface area contributed by atoms with Gasteiger partial charge >= 0.3 is 0 Å². The minimum atomic E-state index is 0.377. The van der Waals surface area contributed by atoms with E-state index in [0.717, 1.165) is 6.61 Å². The Morgan fingerprint density at radius 2 is 2.09 bits per heavy atom. The number of nitrogens with one attached hydrogen (secondary N) is 1. The normalized spacial score (nSPS) is 20.7. The van der Waals surface area contributed by atoms with Crippen LogP contribution in [0.15, 0.2) is 0 Å². The van der Waals surface area contributed by atoms with Crippen LogP contribution in [0.3, 0.4) is 0 Å². The summed E-state index contributed by atoms with van der Waals surface area (Å²) in [4.78, 5) is 0. The van der Waals surface area contributed by atoms with Gasteiger partial charge in [0.25, 0.3) is 0 Å². The van der Waals surface area contributed by atoms with E-state index in [0.29, 0.717) is 11.6 Å². The quantitative estimate of drug-likeness (QED) is 0.654. The van der Waals surface area contributed by atoms with Crippen molar-refractivity contribution in [2.75, 3.05) is 13.7 Å². The average Bonchev–Trinajstić information content (AvgIpc) is 2.69. The Balaban J connectivity index is 2.03. The van der Waals surface area contributed by atoms with Crippen LogP contribution in [0.4, 0.5) is 0 Å². The molecule has 66 valence electrons. The first-order valence-corrected chi connectivity index (χ1v) is 4.49. The molecule has 0 atom stereocenters. The summed E-state index contributed by atoms with van der Waals surface area (Å²) < 4.78 is 5.48. The molecule has 0 aromatic rings. The lowest BCUT2D eigenvalue weighted by atomic mass is 10.2. The summed E-state index contributed by atoms with van der Waals surface area (Å²) in [5, 5.41) is 3.35. The highest BCUT2D eigenvalue weighted by Gasteiger charge is 2.40. The Bertz CT molecular complexity index is 119. The van der Waals surface area contributed by atoms with E-state index in [1.54, 1.807) is 0 Å². The van der Waals surface area contributed by atoms with Crippen LogP contribution in [0.5, 0.6) is 0 Å². The molecule has 11 heavy (non-hydrogen) atoms. The molecule has 0 bridgehead atoms. The average molecular weight is 157 g/mol. The van der Waals surface area contributed by atoms with Gasteiger partial charge in [0.1, 0.15) is 0 Å². The Labute approximate surface area is 69.3 Å². The van der Waals surface area contributed by atoms with Gasteiger partial charge in [-0.05, 0) is 40.2 Å². The Morgan fingerprint density at radius 1 is 1.45 bits per heavy atom. The first-order chi connectivity index (χ1) is 5.18. The predicted octanol–water partition coefficient (Wildman–Crippen LogP) is 1.55. The van der Waals surface area contributed by atoms with Crippen molar-refractivity contribution >= 4 is 0 Å². The first kappa shape index (κ1) is 9.01. The van der Waals surface area contributed by atoms with Crippen LogP contribution in [0, 0.1) is 0 Å². The van der Waals surface area contributed by atoms with Crippen molar-refractivity contribution < 1.29 is 4.74 Å². The van der Waals surface area contributed by atoms with Gasteiger partial charge < -0.3 is 10.1 Å². The molecular formula is C9H19NO. The second-order valence-corrected chi connectivity index (χ2v) is 3.70. The van der Waals surface area contributed by atoms with Crippen molar-refractivity contribution in [2.24, 2.45) is 0 Å². The summed E-state index contributed by atoms with van der Waals surface area (Å²) in [7, 11) is 2.04. The summed E-state index contributed by atoms with van der Waals surface area (Å²) in [6, 6.07) is 0. The molecule has 0 aromatic heterocycles. The molecular weight excluding hydrogens is 138 g/mol. The topological polar surface area (TPSA) is 21.3 Å². The highest BCUT2D eigenvalue weighted by molar-refractivity contribution is 5.00.